The van der Waals surface area contributed by atoms with Crippen molar-refractivity contribution in [3.63, 3.8) is 0 Å². The average molecular weight is 343 g/mol. The number of nitrogens with one attached hydrogen (secondary N) is 1. The molecule has 0 bridgehead atoms. The lowest BCUT2D eigenvalue weighted by Crippen LogP contribution is -2.12. The summed E-state index contributed by atoms with van der Waals surface area (Å²) in [6.07, 6.45) is 0.940. The molecule has 5 nitrogen and oxygen atoms in total. The van der Waals surface area contributed by atoms with Gasteiger partial charge in [-0.3, -0.25) is 4.79 Å². The number of hydrogen-bond acceptors (Lipinski definition) is 4. The van der Waals surface area contributed by atoms with Gasteiger partial charge in [-0.05, 0) is 49.7 Å². The predicted octanol–water partition coefficient (Wildman–Crippen LogP) is 4.14. The molecule has 0 saturated heterocycles. The second-order valence-corrected chi connectivity index (χ2v) is 5.40. The Morgan fingerprint density at radius 2 is 1.68 bits per heavy atom. The Bertz CT molecular complexity index is 655. The average Bonchev–Trinajstić information content (AvgIpc) is 2.64. The van der Waals surface area contributed by atoms with Crippen LogP contribution >= 0.6 is 0 Å². The van der Waals surface area contributed by atoms with Gasteiger partial charge in [0.2, 0.25) is 0 Å². The molecule has 0 heterocycles. The van der Waals surface area contributed by atoms with Crippen molar-refractivity contribution in [2.75, 3.05) is 31.7 Å². The van der Waals surface area contributed by atoms with Gasteiger partial charge < -0.3 is 19.5 Å². The number of amides is 1. The van der Waals surface area contributed by atoms with Crippen LogP contribution in [0.2, 0.25) is 0 Å². The van der Waals surface area contributed by atoms with Crippen LogP contribution in [0.3, 0.4) is 0 Å². The lowest BCUT2D eigenvalue weighted by atomic mass is 10.2. The SMILES string of the molecule is CCCOc1cccc(NC(=O)c2ccc(OCCOCC)cc2)c1. The van der Waals surface area contributed by atoms with Gasteiger partial charge in [0.05, 0.1) is 13.2 Å². The number of carbonyl (C=O) groups is 1. The van der Waals surface area contributed by atoms with Gasteiger partial charge in [-0.15, -0.1) is 0 Å². The first-order valence-corrected chi connectivity index (χ1v) is 8.57. The molecule has 2 rings (SSSR count). The zero-order valence-electron chi connectivity index (χ0n) is 14.8. The Morgan fingerprint density at radius 3 is 2.40 bits per heavy atom. The van der Waals surface area contributed by atoms with Crippen LogP contribution in [0.25, 0.3) is 0 Å². The molecule has 25 heavy (non-hydrogen) atoms. The first-order chi connectivity index (χ1) is 12.2. The Balaban J connectivity index is 1.90. The highest BCUT2D eigenvalue weighted by atomic mass is 16.5. The number of rotatable bonds is 10. The van der Waals surface area contributed by atoms with Crippen molar-refractivity contribution in [3.05, 3.63) is 54.1 Å². The number of hydrogen-bond donors (Lipinski definition) is 1. The normalized spacial score (nSPS) is 10.3. The minimum absolute atomic E-state index is 0.173. The fraction of sp³-hybridized carbons (Fsp3) is 0.350. The first kappa shape index (κ1) is 18.8. The molecule has 134 valence electrons. The summed E-state index contributed by atoms with van der Waals surface area (Å²) in [6, 6.07) is 14.4. The quantitative estimate of drug-likeness (QED) is 0.659. The maximum atomic E-state index is 12.3. The maximum absolute atomic E-state index is 12.3. The predicted molar refractivity (Wildman–Crippen MR) is 98.6 cm³/mol. The molecule has 5 heteroatoms. The molecule has 0 saturated carbocycles. The van der Waals surface area contributed by atoms with E-state index in [1.54, 1.807) is 24.3 Å². The molecule has 0 unspecified atom stereocenters. The van der Waals surface area contributed by atoms with Gasteiger partial charge in [0.15, 0.2) is 0 Å². The fourth-order valence-electron chi connectivity index (χ4n) is 2.15. The molecule has 2 aromatic rings. The highest BCUT2D eigenvalue weighted by Crippen LogP contribution is 2.19. The number of anilines is 1. The van der Waals surface area contributed by atoms with E-state index in [2.05, 4.69) is 12.2 Å². The summed E-state index contributed by atoms with van der Waals surface area (Å²) in [5, 5.41) is 2.87. The summed E-state index contributed by atoms with van der Waals surface area (Å²) in [4.78, 5) is 12.3. The Kier molecular flexibility index (Phi) is 7.79. The van der Waals surface area contributed by atoms with E-state index in [9.17, 15) is 4.79 Å². The summed E-state index contributed by atoms with van der Waals surface area (Å²) < 4.78 is 16.3. The Labute approximate surface area is 148 Å². The van der Waals surface area contributed by atoms with Crippen LogP contribution < -0.4 is 14.8 Å². The van der Waals surface area contributed by atoms with Crippen molar-refractivity contribution < 1.29 is 19.0 Å². The van der Waals surface area contributed by atoms with Crippen molar-refractivity contribution in [1.82, 2.24) is 0 Å². The third-order valence-electron chi connectivity index (χ3n) is 3.38. The molecule has 0 atom stereocenters. The van der Waals surface area contributed by atoms with Gasteiger partial charge in [0.1, 0.15) is 18.1 Å². The van der Waals surface area contributed by atoms with Gasteiger partial charge in [0, 0.05) is 23.9 Å². The van der Waals surface area contributed by atoms with Crippen molar-refractivity contribution in [2.45, 2.75) is 20.3 Å². The van der Waals surface area contributed by atoms with Crippen molar-refractivity contribution in [2.24, 2.45) is 0 Å². The summed E-state index contributed by atoms with van der Waals surface area (Å²) in [5.41, 5.74) is 1.27. The minimum atomic E-state index is -0.173. The lowest BCUT2D eigenvalue weighted by Gasteiger charge is -2.09. The molecule has 2 aromatic carbocycles. The van der Waals surface area contributed by atoms with E-state index in [0.717, 1.165) is 12.2 Å². The van der Waals surface area contributed by atoms with Gasteiger partial charge in [-0.2, -0.15) is 0 Å². The molecular formula is C20H25NO4. The largest absolute Gasteiger partial charge is 0.494 e. The third-order valence-corrected chi connectivity index (χ3v) is 3.38. The van der Waals surface area contributed by atoms with E-state index in [4.69, 9.17) is 14.2 Å². The molecule has 0 aliphatic carbocycles. The number of benzene rings is 2. The van der Waals surface area contributed by atoms with Crippen molar-refractivity contribution in [1.29, 1.82) is 0 Å². The van der Waals surface area contributed by atoms with Crippen LogP contribution in [0.5, 0.6) is 11.5 Å². The van der Waals surface area contributed by atoms with Crippen molar-refractivity contribution >= 4 is 11.6 Å². The van der Waals surface area contributed by atoms with Crippen LogP contribution in [0.4, 0.5) is 5.69 Å². The van der Waals surface area contributed by atoms with Crippen LogP contribution in [0.1, 0.15) is 30.6 Å². The first-order valence-electron chi connectivity index (χ1n) is 8.57. The van der Waals surface area contributed by atoms with E-state index in [0.29, 0.717) is 43.4 Å². The van der Waals surface area contributed by atoms with Gasteiger partial charge in [-0.1, -0.05) is 13.0 Å². The third kappa shape index (κ3) is 6.47. The summed E-state index contributed by atoms with van der Waals surface area (Å²) in [5.74, 6) is 1.29. The fourth-order valence-corrected chi connectivity index (χ4v) is 2.15. The van der Waals surface area contributed by atoms with Gasteiger partial charge in [0.25, 0.3) is 5.91 Å². The molecule has 0 fully saturated rings. The molecule has 0 spiro atoms. The van der Waals surface area contributed by atoms with Crippen LogP contribution in [0, 0.1) is 0 Å². The zero-order chi connectivity index (χ0) is 17.9. The molecule has 0 radical (unpaired) electrons. The molecule has 0 aliphatic rings. The molecule has 0 aliphatic heterocycles. The van der Waals surface area contributed by atoms with Crippen LogP contribution in [0.15, 0.2) is 48.5 Å². The highest BCUT2D eigenvalue weighted by molar-refractivity contribution is 6.04. The lowest BCUT2D eigenvalue weighted by molar-refractivity contribution is 0.102. The number of carbonyl (C=O) groups excluding carboxylic acids is 1. The smallest absolute Gasteiger partial charge is 0.255 e. The van der Waals surface area contributed by atoms with Gasteiger partial charge in [-0.25, -0.2) is 0 Å². The molecule has 1 N–H and O–H groups in total. The van der Waals surface area contributed by atoms with E-state index < -0.39 is 0 Å². The van der Waals surface area contributed by atoms with Crippen molar-refractivity contribution in [3.8, 4) is 11.5 Å². The van der Waals surface area contributed by atoms with Crippen LogP contribution in [-0.4, -0.2) is 32.3 Å². The number of ether oxygens (including phenoxy) is 3. The summed E-state index contributed by atoms with van der Waals surface area (Å²) >= 11 is 0. The maximum Gasteiger partial charge on any atom is 0.255 e. The molecule has 1 amide bonds. The van der Waals surface area contributed by atoms with E-state index in [-0.39, 0.29) is 5.91 Å². The topological polar surface area (TPSA) is 56.8 Å². The zero-order valence-corrected chi connectivity index (χ0v) is 14.8. The monoisotopic (exact) mass is 343 g/mol. The molecule has 0 aromatic heterocycles. The highest BCUT2D eigenvalue weighted by Gasteiger charge is 2.07. The second-order valence-electron chi connectivity index (χ2n) is 5.40. The van der Waals surface area contributed by atoms with E-state index >= 15 is 0 Å². The molecular weight excluding hydrogens is 318 g/mol. The van der Waals surface area contributed by atoms with Crippen LogP contribution in [-0.2, 0) is 4.74 Å². The standard InChI is InChI=1S/C20H25NO4/c1-3-12-24-19-7-5-6-17(15-19)21-20(22)16-8-10-18(11-9-16)25-14-13-23-4-2/h5-11,15H,3-4,12-14H2,1-2H3,(H,21,22). The minimum Gasteiger partial charge on any atom is -0.494 e. The Hall–Kier alpha value is -2.53. The Morgan fingerprint density at radius 1 is 0.920 bits per heavy atom. The van der Waals surface area contributed by atoms with E-state index in [1.165, 1.54) is 0 Å². The van der Waals surface area contributed by atoms with E-state index in [1.807, 2.05) is 31.2 Å². The van der Waals surface area contributed by atoms with Gasteiger partial charge >= 0.3 is 0 Å². The summed E-state index contributed by atoms with van der Waals surface area (Å²) in [7, 11) is 0. The summed E-state index contributed by atoms with van der Waals surface area (Å²) in [6.45, 7) is 6.36. The second kappa shape index (κ2) is 10.4.